The highest BCUT2D eigenvalue weighted by Crippen LogP contribution is 2.43. The third-order valence-electron chi connectivity index (χ3n) is 23.8. The largest absolute Gasteiger partial charge is 0.508 e. The minimum atomic E-state index is -3.64. The summed E-state index contributed by atoms with van der Waals surface area (Å²) in [6.07, 6.45) is 41.7. The highest BCUT2D eigenvalue weighted by molar-refractivity contribution is 7.87. The van der Waals surface area contributed by atoms with Crippen molar-refractivity contribution in [3.8, 4) is 28.7 Å². The van der Waals surface area contributed by atoms with Crippen molar-refractivity contribution < 1.29 is 93.8 Å². The number of aliphatic hydroxyl groups excluding tert-OH is 3. The fraction of sp³-hybridized carbons (Fsp3) is 0.348. The maximum absolute atomic E-state index is 13.4. The van der Waals surface area contributed by atoms with E-state index in [-0.39, 0.29) is 118 Å². The summed E-state index contributed by atoms with van der Waals surface area (Å²) in [5, 5.41) is 48.6. The molecule has 24 heteroatoms. The highest BCUT2D eigenvalue weighted by Gasteiger charge is 2.44. The van der Waals surface area contributed by atoms with Crippen LogP contribution in [0.2, 0.25) is 0 Å². The Morgan fingerprint density at radius 2 is 0.647 bits per heavy atom. The summed E-state index contributed by atoms with van der Waals surface area (Å²) in [7, 11) is -3.55. The van der Waals surface area contributed by atoms with E-state index in [2.05, 4.69) is 6.92 Å². The van der Waals surface area contributed by atoms with Gasteiger partial charge < -0.3 is 39.2 Å². The van der Waals surface area contributed by atoms with Crippen LogP contribution in [-0.4, -0.2) is 112 Å². The van der Waals surface area contributed by atoms with Gasteiger partial charge in [0.2, 0.25) is 0 Å². The molecule has 2 unspecified atom stereocenters. The number of hydrogen-bond donors (Lipinski definition) is 5. The number of ketones is 7. The van der Waals surface area contributed by atoms with E-state index in [4.69, 9.17) is 49.5 Å². The molecule has 136 heavy (non-hydrogen) atoms. The quantitative estimate of drug-likeness (QED) is 0.00597. The van der Waals surface area contributed by atoms with Crippen LogP contribution in [0.3, 0.4) is 0 Å². The number of halogens is 2. The Morgan fingerprint density at radius 1 is 0.390 bits per heavy atom. The number of aromatic hydroxyl groups is 2. The Morgan fingerprint density at radius 3 is 0.926 bits per heavy atom. The first-order valence-electron chi connectivity index (χ1n) is 44.1. The number of carbonyl (C=O) groups excluding carboxylic acids is 7. The van der Waals surface area contributed by atoms with Gasteiger partial charge in [0.1, 0.15) is 34.5 Å². The molecule has 0 bridgehead atoms. The van der Waals surface area contributed by atoms with E-state index >= 15 is 0 Å². The van der Waals surface area contributed by atoms with Gasteiger partial charge in [-0.3, -0.25) is 33.6 Å². The molecule has 8 aromatic carbocycles. The zero-order chi connectivity index (χ0) is 96.2. The van der Waals surface area contributed by atoms with Gasteiger partial charge in [0.05, 0.1) is 54.8 Å². The van der Waals surface area contributed by atoms with Crippen LogP contribution in [0.1, 0.15) is 228 Å². The summed E-state index contributed by atoms with van der Waals surface area (Å²) in [6.45, 7) is 8.72. The number of hydrogen-bond acceptors (Lipinski definition) is 20. The van der Waals surface area contributed by atoms with Crippen molar-refractivity contribution in [2.45, 2.75) is 187 Å². The number of allylic oxidation sites excluding steroid dienone is 9. The smallest absolute Gasteiger partial charge is 0.425 e. The fourth-order valence-electron chi connectivity index (χ4n) is 14.9. The molecule has 0 spiro atoms. The van der Waals surface area contributed by atoms with Crippen LogP contribution in [0.4, 0.5) is 0 Å². The van der Waals surface area contributed by atoms with Crippen LogP contribution in [-0.2, 0) is 73.9 Å². The molecule has 4 aliphatic carbocycles. The Labute approximate surface area is 817 Å². The molecule has 4 aliphatic rings. The lowest BCUT2D eigenvalue weighted by atomic mass is 9.68. The lowest BCUT2D eigenvalue weighted by Crippen LogP contribution is -2.38. The first-order valence-corrected chi connectivity index (χ1v) is 47.8. The number of phenols is 2. The summed E-state index contributed by atoms with van der Waals surface area (Å²) in [4.78, 5) is 92.1. The van der Waals surface area contributed by atoms with Crippen LogP contribution in [0.15, 0.2) is 254 Å². The van der Waals surface area contributed by atoms with Crippen LogP contribution >= 0.6 is 23.2 Å². The number of aryl methyl sites for hydroxylation is 1. The van der Waals surface area contributed by atoms with E-state index < -0.39 is 37.0 Å². The normalized spacial score (nSPS) is 14.7. The summed E-state index contributed by atoms with van der Waals surface area (Å²) in [5.74, 6) is 1.88. The van der Waals surface area contributed by atoms with Gasteiger partial charge in [-0.25, -0.2) is 0 Å². The van der Waals surface area contributed by atoms with E-state index in [1.165, 1.54) is 61.4 Å². The molecule has 8 aromatic rings. The molecule has 0 saturated heterocycles. The van der Waals surface area contributed by atoms with E-state index in [0.29, 0.717) is 71.6 Å². The van der Waals surface area contributed by atoms with Crippen molar-refractivity contribution >= 4 is 133 Å². The standard InChI is InChI=1S/C29H34O5S.C27H30O4.C26H28O4.C25H26O4.CH2Cl2.4CH4.O3S/c1-4-22-9-6-10-23(19-22)15-17-27(30)29(3,21-25-12-7-13-25)28(31)18-16-24-11-8-14-26(20-24)34-35(32,33)5-2;1-27(18-22-8-4-9-22,25(29)14-12-20-6-3-10-23(16-20)19-28)26(30)15-13-21-7-5-11-24(17-21)31-2;1-30-23-10-4-8-21(16-23)12-14-26(29)24(17-19-5-2-6-19)25(28)13-11-20-7-3-9-22(15-20)18-27;1-25(17-20-7-2-8-20,23(28)13-11-18-5-3-9-21(26)15-18)24(29)14-12-19-6-4-10-22(27)16-19;2-1-3;;;;;1-4(2)3/h6,8-11,14-20,25H,4-5,7,12-13,21H2,1-3H3;3,5-7,10-17,22,28H,4,8-9,18-19H2,1-2H3;3-4,7-16,19,27-28H,2,5-6,17-18H2,1H3;3-6,9-16,20,26-27H,2,7-8,17H2,1H3;1H2;4*1H4;/b17-15+,18-16+;14-12+,15-13+;13-11+,14-12+,25-24?;13-11+,14-12+;;;;;;. The van der Waals surface area contributed by atoms with E-state index in [1.54, 1.807) is 162 Å². The highest BCUT2D eigenvalue weighted by atomic mass is 35.5. The molecule has 4 fully saturated rings. The fourth-order valence-corrected chi connectivity index (χ4v) is 15.4. The summed E-state index contributed by atoms with van der Waals surface area (Å²) in [5.41, 5.74) is 6.18. The topological polar surface area (TPSA) is 334 Å². The van der Waals surface area contributed by atoms with Crippen molar-refractivity contribution in [1.29, 1.82) is 0 Å². The molecule has 0 heterocycles. The van der Waals surface area contributed by atoms with E-state index in [0.717, 1.165) is 127 Å². The number of phenolic OH excluding ortho intramolecular Hbond substituents is 2. The number of aliphatic hydroxyl groups is 3. The zero-order valence-electron chi connectivity index (χ0n) is 75.8. The molecule has 12 rings (SSSR count). The Hall–Kier alpha value is -12.0. The van der Waals surface area contributed by atoms with E-state index in [1.807, 2.05) is 121 Å². The maximum Gasteiger partial charge on any atom is 0.425 e. The van der Waals surface area contributed by atoms with Crippen molar-refractivity contribution in [3.05, 3.63) is 315 Å². The second-order valence-electron chi connectivity index (χ2n) is 33.5. The van der Waals surface area contributed by atoms with Crippen LogP contribution < -0.4 is 13.7 Å². The Kier molecular flexibility index (Phi) is 52.5. The Balaban J connectivity index is 0.000000452. The average Bonchev–Trinajstić information content (AvgIpc) is 0.808. The molecule has 4 saturated carbocycles. The van der Waals surface area contributed by atoms with E-state index in [9.17, 15) is 67.5 Å². The lowest BCUT2D eigenvalue weighted by molar-refractivity contribution is -0.137. The molecule has 0 aromatic heterocycles. The molecule has 5 N–H and O–H groups in total. The van der Waals surface area contributed by atoms with Crippen molar-refractivity contribution in [2.75, 3.05) is 25.3 Å². The van der Waals surface area contributed by atoms with Crippen LogP contribution in [0.25, 0.3) is 48.6 Å². The summed E-state index contributed by atoms with van der Waals surface area (Å²) >= 11 is 9.53. The zero-order valence-corrected chi connectivity index (χ0v) is 78.9. The molecule has 730 valence electrons. The summed E-state index contributed by atoms with van der Waals surface area (Å²) < 4.78 is 64.3. The van der Waals surface area contributed by atoms with Gasteiger partial charge in [0, 0.05) is 5.57 Å². The van der Waals surface area contributed by atoms with Gasteiger partial charge >= 0.3 is 20.7 Å². The minimum Gasteiger partial charge on any atom is -0.508 e. The van der Waals surface area contributed by atoms with Crippen LogP contribution in [0, 0.1) is 39.9 Å². The molecule has 20 nitrogen and oxygen atoms in total. The van der Waals surface area contributed by atoms with Crippen molar-refractivity contribution in [3.63, 3.8) is 0 Å². The van der Waals surface area contributed by atoms with Crippen molar-refractivity contribution in [2.24, 2.45) is 39.9 Å². The Bertz CT molecular complexity index is 5620. The van der Waals surface area contributed by atoms with Crippen LogP contribution in [0.5, 0.6) is 28.7 Å². The number of rotatable bonds is 39. The second-order valence-corrected chi connectivity index (χ2v) is 36.6. The van der Waals surface area contributed by atoms with Gasteiger partial charge in [-0.15, -0.1) is 35.8 Å². The predicted molar refractivity (Wildman–Crippen MR) is 552 cm³/mol. The first kappa shape index (κ1) is 118. The predicted octanol–water partition coefficient (Wildman–Crippen LogP) is 24.9. The number of carbonyl (C=O) groups is 7. The van der Waals surface area contributed by atoms with Gasteiger partial charge in [-0.1, -0.05) is 284 Å². The van der Waals surface area contributed by atoms with Gasteiger partial charge in [-0.05, 0) is 266 Å². The monoisotopic (exact) mass is 1930 g/mol. The first-order chi connectivity index (χ1) is 63.2. The minimum absolute atomic E-state index is 0. The maximum atomic E-state index is 13.4. The SMILES string of the molecule is C.C.C.C.CC(CC1CCC1)(C(=O)/C=C/c1cccc(O)c1)C(=O)/C=C/c1cccc(O)c1.CCc1cccc(/C=C/C(=O)C(C)(CC2CCC2)C(=O)/C=C/c2cccc(OS(=O)(=O)CC)c2)c1.COc1cccc(/C=C/C(=O)C(C)(CC2CCC2)C(=O)/C=C/c2cccc(CO)c2)c1.COc1cccc(/C=C/C(=O)C(CC2CCC2)=C(O)/C=C/c2cccc(CO)c2)c1.ClCCl.O=S(=O)=O. The van der Waals surface area contributed by atoms with Gasteiger partial charge in [0.25, 0.3) is 0 Å². The number of methoxy groups -OCH3 is 2. The van der Waals surface area contributed by atoms with Gasteiger partial charge in [-0.2, -0.15) is 8.42 Å². The molecular weight excluding hydrogens is 1800 g/mol. The molecule has 2 atom stereocenters. The molecule has 0 aliphatic heterocycles. The molecule has 0 amide bonds. The summed E-state index contributed by atoms with van der Waals surface area (Å²) in [6, 6.07) is 57.5. The molecular formula is C112H136Cl2O20S2. The third-order valence-corrected chi connectivity index (χ3v) is 24.9. The number of ether oxygens (including phenoxy) is 2. The van der Waals surface area contributed by atoms with Crippen molar-refractivity contribution in [1.82, 2.24) is 0 Å². The van der Waals surface area contributed by atoms with Gasteiger partial charge in [0.15, 0.2) is 40.5 Å². The average molecular weight is 1940 g/mol. The second kappa shape index (κ2) is 60.5. The number of benzene rings is 8. The third kappa shape index (κ3) is 39.4. The number of alkyl halides is 2. The molecule has 0 radical (unpaired) electrons. The lowest BCUT2D eigenvalue weighted by Gasteiger charge is -2.33.